The Morgan fingerprint density at radius 3 is 2.72 bits per heavy atom. The van der Waals surface area contributed by atoms with Gasteiger partial charge in [-0.2, -0.15) is 0 Å². The molecule has 0 aliphatic heterocycles. The van der Waals surface area contributed by atoms with E-state index in [0.717, 1.165) is 28.9 Å². The van der Waals surface area contributed by atoms with Crippen molar-refractivity contribution in [1.82, 2.24) is 4.57 Å². The lowest BCUT2D eigenvalue weighted by atomic mass is 9.81. The molecule has 1 heterocycles. The number of aryl methyl sites for hydroxylation is 1. The van der Waals surface area contributed by atoms with Gasteiger partial charge in [-0.05, 0) is 47.1 Å². The second-order valence-electron chi connectivity index (χ2n) is 7.21. The second-order valence-corrected chi connectivity index (χ2v) is 7.21. The summed E-state index contributed by atoms with van der Waals surface area (Å²) in [6.07, 6.45) is 7.18. The number of rotatable bonds is 5. The minimum Gasteiger partial charge on any atom is -0.381 e. The average Bonchev–Trinajstić information content (AvgIpc) is 2.60. The summed E-state index contributed by atoms with van der Waals surface area (Å²) in [6.45, 7) is 0.775. The summed E-state index contributed by atoms with van der Waals surface area (Å²) in [5.74, 6) is 0.889. The van der Waals surface area contributed by atoms with E-state index in [1.54, 1.807) is 11.6 Å². The standard InChI is InChI=1S/C22H24N2O/c1-24-11-10-19-8-9-20(14-21(19)22(24)25)23-15-18-7-3-6-17(13-18)12-16-4-2-5-16/h3,6-11,13-14,16,23H,2,4-5,12,15H2,1H3. The average molecular weight is 332 g/mol. The van der Waals surface area contributed by atoms with Crippen LogP contribution in [0.1, 0.15) is 30.4 Å². The Balaban J connectivity index is 1.49. The first-order valence-corrected chi connectivity index (χ1v) is 9.10. The van der Waals surface area contributed by atoms with E-state index in [1.807, 2.05) is 30.5 Å². The number of fused-ring (bicyclic) bond motifs is 1. The van der Waals surface area contributed by atoms with E-state index in [-0.39, 0.29) is 5.56 Å². The Morgan fingerprint density at radius 1 is 1.08 bits per heavy atom. The van der Waals surface area contributed by atoms with Crippen LogP contribution >= 0.6 is 0 Å². The van der Waals surface area contributed by atoms with Crippen molar-refractivity contribution < 1.29 is 0 Å². The number of anilines is 1. The molecule has 1 saturated carbocycles. The zero-order chi connectivity index (χ0) is 17.2. The van der Waals surface area contributed by atoms with Gasteiger partial charge in [0.2, 0.25) is 0 Å². The lowest BCUT2D eigenvalue weighted by molar-refractivity contribution is 0.314. The Kier molecular flexibility index (Phi) is 4.31. The smallest absolute Gasteiger partial charge is 0.258 e. The number of nitrogens with zero attached hydrogens (tertiary/aromatic N) is 1. The Hall–Kier alpha value is -2.55. The largest absolute Gasteiger partial charge is 0.381 e. The third kappa shape index (κ3) is 3.46. The van der Waals surface area contributed by atoms with Crippen LogP contribution in [0.2, 0.25) is 0 Å². The van der Waals surface area contributed by atoms with Crippen LogP contribution in [0.4, 0.5) is 5.69 Å². The molecule has 4 rings (SSSR count). The van der Waals surface area contributed by atoms with Crippen molar-refractivity contribution in [1.29, 1.82) is 0 Å². The molecule has 0 amide bonds. The minimum atomic E-state index is 0.0450. The molecule has 2 aromatic carbocycles. The van der Waals surface area contributed by atoms with E-state index in [4.69, 9.17) is 0 Å². The molecule has 1 aromatic heterocycles. The Morgan fingerprint density at radius 2 is 1.92 bits per heavy atom. The zero-order valence-electron chi connectivity index (χ0n) is 14.7. The van der Waals surface area contributed by atoms with Crippen LogP contribution in [0.15, 0.2) is 59.5 Å². The van der Waals surface area contributed by atoms with Gasteiger partial charge in [0.15, 0.2) is 0 Å². The van der Waals surface area contributed by atoms with Gasteiger partial charge in [0.05, 0.1) is 0 Å². The van der Waals surface area contributed by atoms with E-state index in [2.05, 4.69) is 29.6 Å². The van der Waals surface area contributed by atoms with Crippen molar-refractivity contribution in [2.75, 3.05) is 5.32 Å². The summed E-state index contributed by atoms with van der Waals surface area (Å²) in [4.78, 5) is 12.3. The fourth-order valence-electron chi connectivity index (χ4n) is 3.55. The van der Waals surface area contributed by atoms with Gasteiger partial charge in [-0.25, -0.2) is 0 Å². The van der Waals surface area contributed by atoms with E-state index < -0.39 is 0 Å². The van der Waals surface area contributed by atoms with E-state index in [0.29, 0.717) is 0 Å². The molecule has 3 nitrogen and oxygen atoms in total. The molecule has 1 N–H and O–H groups in total. The van der Waals surface area contributed by atoms with Crippen LogP contribution in [0.25, 0.3) is 10.8 Å². The molecular weight excluding hydrogens is 308 g/mol. The lowest BCUT2D eigenvalue weighted by Crippen LogP contribution is -2.15. The van der Waals surface area contributed by atoms with Crippen molar-refractivity contribution in [3.05, 3.63) is 76.2 Å². The van der Waals surface area contributed by atoms with Gasteiger partial charge in [-0.1, -0.05) is 49.6 Å². The van der Waals surface area contributed by atoms with E-state index in [9.17, 15) is 4.79 Å². The van der Waals surface area contributed by atoms with Gasteiger partial charge < -0.3 is 9.88 Å². The van der Waals surface area contributed by atoms with Crippen LogP contribution in [0.3, 0.4) is 0 Å². The molecule has 3 aromatic rings. The summed E-state index contributed by atoms with van der Waals surface area (Å²) in [5, 5.41) is 5.20. The van der Waals surface area contributed by atoms with Crippen LogP contribution in [-0.4, -0.2) is 4.57 Å². The fraction of sp³-hybridized carbons (Fsp3) is 0.318. The van der Waals surface area contributed by atoms with E-state index >= 15 is 0 Å². The molecule has 0 radical (unpaired) electrons. The number of pyridine rings is 1. The highest BCUT2D eigenvalue weighted by Gasteiger charge is 2.17. The maximum absolute atomic E-state index is 12.3. The topological polar surface area (TPSA) is 34.0 Å². The molecule has 0 spiro atoms. The normalized spacial score (nSPS) is 14.4. The number of benzene rings is 2. The molecule has 1 aliphatic carbocycles. The highest BCUT2D eigenvalue weighted by molar-refractivity contribution is 5.84. The van der Waals surface area contributed by atoms with Crippen molar-refractivity contribution in [3.8, 4) is 0 Å². The number of hydrogen-bond acceptors (Lipinski definition) is 2. The summed E-state index contributed by atoms with van der Waals surface area (Å²) in [5.41, 5.74) is 3.76. The van der Waals surface area contributed by atoms with Gasteiger partial charge in [0, 0.05) is 30.9 Å². The predicted molar refractivity (Wildman–Crippen MR) is 104 cm³/mol. The molecule has 0 bridgehead atoms. The highest BCUT2D eigenvalue weighted by atomic mass is 16.1. The van der Waals surface area contributed by atoms with Crippen LogP contribution in [-0.2, 0) is 20.0 Å². The molecule has 1 aliphatic rings. The van der Waals surface area contributed by atoms with Crippen molar-refractivity contribution >= 4 is 16.5 Å². The third-order valence-corrected chi connectivity index (χ3v) is 5.32. The van der Waals surface area contributed by atoms with Gasteiger partial charge in [-0.3, -0.25) is 4.79 Å². The summed E-state index contributed by atoms with van der Waals surface area (Å²) < 4.78 is 1.62. The summed E-state index contributed by atoms with van der Waals surface area (Å²) in [7, 11) is 1.79. The van der Waals surface area contributed by atoms with Crippen molar-refractivity contribution in [2.45, 2.75) is 32.2 Å². The molecule has 25 heavy (non-hydrogen) atoms. The summed E-state index contributed by atoms with van der Waals surface area (Å²) in [6, 6.07) is 16.8. The first kappa shape index (κ1) is 15.9. The van der Waals surface area contributed by atoms with Crippen LogP contribution in [0, 0.1) is 5.92 Å². The highest BCUT2D eigenvalue weighted by Crippen LogP contribution is 2.30. The molecule has 0 atom stereocenters. The predicted octanol–water partition coefficient (Wildman–Crippen LogP) is 4.49. The quantitative estimate of drug-likeness (QED) is 0.747. The molecule has 1 fully saturated rings. The fourth-order valence-corrected chi connectivity index (χ4v) is 3.55. The van der Waals surface area contributed by atoms with Crippen molar-refractivity contribution in [3.63, 3.8) is 0 Å². The maximum atomic E-state index is 12.3. The van der Waals surface area contributed by atoms with Gasteiger partial charge in [0.1, 0.15) is 0 Å². The number of hydrogen-bond donors (Lipinski definition) is 1. The zero-order valence-corrected chi connectivity index (χ0v) is 14.7. The molecule has 0 unspecified atom stereocenters. The Labute approximate surface area is 148 Å². The third-order valence-electron chi connectivity index (χ3n) is 5.32. The molecule has 128 valence electrons. The van der Waals surface area contributed by atoms with E-state index in [1.165, 1.54) is 36.8 Å². The lowest BCUT2D eigenvalue weighted by Gasteiger charge is -2.25. The van der Waals surface area contributed by atoms with Crippen LogP contribution < -0.4 is 10.9 Å². The summed E-state index contributed by atoms with van der Waals surface area (Å²) >= 11 is 0. The van der Waals surface area contributed by atoms with Gasteiger partial charge >= 0.3 is 0 Å². The number of nitrogens with one attached hydrogen (secondary N) is 1. The molecular formula is C22H24N2O. The Bertz CT molecular complexity index is 954. The number of aromatic nitrogens is 1. The second kappa shape index (κ2) is 6.75. The first-order chi connectivity index (χ1) is 12.2. The van der Waals surface area contributed by atoms with Crippen LogP contribution in [0.5, 0.6) is 0 Å². The van der Waals surface area contributed by atoms with Gasteiger partial charge in [0.25, 0.3) is 5.56 Å². The monoisotopic (exact) mass is 332 g/mol. The molecule has 0 saturated heterocycles. The maximum Gasteiger partial charge on any atom is 0.258 e. The molecule has 3 heteroatoms. The SMILES string of the molecule is Cn1ccc2ccc(NCc3cccc(CC4CCC4)c3)cc2c1=O. The van der Waals surface area contributed by atoms with Gasteiger partial charge in [-0.15, -0.1) is 0 Å². The minimum absolute atomic E-state index is 0.0450. The van der Waals surface area contributed by atoms with Crippen molar-refractivity contribution in [2.24, 2.45) is 13.0 Å². The first-order valence-electron chi connectivity index (χ1n) is 9.10.